The first kappa shape index (κ1) is 8.14. The molecule has 1 atom stereocenters. The third kappa shape index (κ3) is 2.26. The maximum absolute atomic E-state index is 10.5. The summed E-state index contributed by atoms with van der Waals surface area (Å²) in [5, 5.41) is 0. The van der Waals surface area contributed by atoms with Crippen LogP contribution in [0, 0.1) is 0 Å². The molecule has 3 nitrogen and oxygen atoms in total. The topological polar surface area (TPSA) is 37.4 Å². The highest BCUT2D eigenvalue weighted by Crippen LogP contribution is 1.90. The number of rotatable bonds is 2. The average Bonchev–Trinajstić information content (AvgIpc) is 1.84. The van der Waals surface area contributed by atoms with Gasteiger partial charge in [0.15, 0.2) is 0 Å². The number of aldehydes is 1. The Morgan fingerprint density at radius 2 is 2.11 bits per heavy atom. The van der Waals surface area contributed by atoms with E-state index in [1.807, 2.05) is 0 Å². The van der Waals surface area contributed by atoms with Crippen LogP contribution in [-0.4, -0.2) is 30.2 Å². The van der Waals surface area contributed by atoms with E-state index < -0.39 is 0 Å². The fourth-order valence-electron chi connectivity index (χ4n) is 0.378. The van der Waals surface area contributed by atoms with Gasteiger partial charge in [-0.05, 0) is 6.92 Å². The average molecular weight is 129 g/mol. The zero-order chi connectivity index (χ0) is 7.44. The maximum atomic E-state index is 10.5. The third-order valence-corrected chi connectivity index (χ3v) is 1.30. The van der Waals surface area contributed by atoms with Crippen LogP contribution in [-0.2, 0) is 9.59 Å². The number of hydrogen-bond acceptors (Lipinski definition) is 2. The highest BCUT2D eigenvalue weighted by molar-refractivity contribution is 5.76. The molecule has 0 aliphatic heterocycles. The van der Waals surface area contributed by atoms with Crippen LogP contribution < -0.4 is 0 Å². The second kappa shape index (κ2) is 3.22. The quantitative estimate of drug-likeness (QED) is 0.494. The number of carbonyl (C=O) groups is 2. The molecule has 0 aromatic rings. The molecule has 1 unspecified atom stereocenters. The molecule has 0 aliphatic rings. The van der Waals surface area contributed by atoms with Gasteiger partial charge < -0.3 is 9.69 Å². The zero-order valence-electron chi connectivity index (χ0n) is 5.92. The van der Waals surface area contributed by atoms with Crippen LogP contribution in [0.15, 0.2) is 0 Å². The second-order valence-electron chi connectivity index (χ2n) is 2.01. The summed E-state index contributed by atoms with van der Waals surface area (Å²) in [5.41, 5.74) is 0. The summed E-state index contributed by atoms with van der Waals surface area (Å²) in [5.74, 6) is -0.0883. The Morgan fingerprint density at radius 3 is 2.22 bits per heavy atom. The molecule has 9 heavy (non-hydrogen) atoms. The van der Waals surface area contributed by atoms with Crippen LogP contribution in [0.1, 0.15) is 13.8 Å². The number of nitrogens with zero attached hydrogens (tertiary/aromatic N) is 1. The molecular weight excluding hydrogens is 118 g/mol. The van der Waals surface area contributed by atoms with Crippen LogP contribution in [0.25, 0.3) is 0 Å². The fourth-order valence-corrected chi connectivity index (χ4v) is 0.378. The van der Waals surface area contributed by atoms with Gasteiger partial charge in [-0.1, -0.05) is 0 Å². The Bertz CT molecular complexity index is 122. The molecule has 52 valence electrons. The van der Waals surface area contributed by atoms with Gasteiger partial charge in [0.25, 0.3) is 0 Å². The summed E-state index contributed by atoms with van der Waals surface area (Å²) >= 11 is 0. The molecule has 0 heterocycles. The highest BCUT2D eigenvalue weighted by atomic mass is 16.2. The van der Waals surface area contributed by atoms with E-state index in [1.165, 1.54) is 11.8 Å². The molecule has 0 aliphatic carbocycles. The predicted octanol–water partition coefficient (Wildman–Crippen LogP) is 0.0521. The molecule has 0 bridgehead atoms. The lowest BCUT2D eigenvalue weighted by atomic mass is 10.3. The van der Waals surface area contributed by atoms with E-state index in [2.05, 4.69) is 0 Å². The van der Waals surface area contributed by atoms with Crippen molar-refractivity contribution in [2.24, 2.45) is 0 Å². The van der Waals surface area contributed by atoms with Crippen molar-refractivity contribution >= 4 is 12.2 Å². The maximum Gasteiger partial charge on any atom is 0.219 e. The fraction of sp³-hybridized carbons (Fsp3) is 0.667. The molecule has 0 radical (unpaired) electrons. The summed E-state index contributed by atoms with van der Waals surface area (Å²) in [4.78, 5) is 21.9. The second-order valence-corrected chi connectivity index (χ2v) is 2.01. The summed E-state index contributed by atoms with van der Waals surface area (Å²) in [6.07, 6.45) is 0.738. The number of amides is 1. The number of likely N-dealkylation sites (N-methyl/N-ethyl adjacent to an activating group) is 1. The Balaban J connectivity index is 3.86. The summed E-state index contributed by atoms with van der Waals surface area (Å²) in [6, 6.07) is -0.303. The summed E-state index contributed by atoms with van der Waals surface area (Å²) < 4.78 is 0. The van der Waals surface area contributed by atoms with Gasteiger partial charge >= 0.3 is 0 Å². The van der Waals surface area contributed by atoms with Crippen LogP contribution in [0.2, 0.25) is 0 Å². The van der Waals surface area contributed by atoms with E-state index >= 15 is 0 Å². The molecule has 3 heteroatoms. The monoisotopic (exact) mass is 129 g/mol. The summed E-state index contributed by atoms with van der Waals surface area (Å²) in [7, 11) is 1.60. The lowest BCUT2D eigenvalue weighted by molar-refractivity contribution is -0.132. The largest absolute Gasteiger partial charge is 0.337 e. The standard InChI is InChI=1S/C6H11NO2/c1-5(4-8)7(3)6(2)9/h4-5H,1-3H3. The first-order valence-corrected chi connectivity index (χ1v) is 2.78. The van der Waals surface area contributed by atoms with Crippen molar-refractivity contribution in [2.75, 3.05) is 7.05 Å². The van der Waals surface area contributed by atoms with E-state index in [0.717, 1.165) is 6.29 Å². The molecule has 0 spiro atoms. The minimum Gasteiger partial charge on any atom is -0.337 e. The van der Waals surface area contributed by atoms with Crippen molar-refractivity contribution in [1.82, 2.24) is 4.90 Å². The lowest BCUT2D eigenvalue weighted by Crippen LogP contribution is -2.33. The molecule has 0 aromatic carbocycles. The van der Waals surface area contributed by atoms with Gasteiger partial charge in [-0.3, -0.25) is 4.79 Å². The van der Waals surface area contributed by atoms with Gasteiger partial charge in [0.2, 0.25) is 5.91 Å². The minimum atomic E-state index is -0.303. The molecular formula is C6H11NO2. The van der Waals surface area contributed by atoms with E-state index in [0.29, 0.717) is 0 Å². The van der Waals surface area contributed by atoms with Crippen molar-refractivity contribution in [3.8, 4) is 0 Å². The van der Waals surface area contributed by atoms with Gasteiger partial charge in [-0.15, -0.1) is 0 Å². The first-order valence-electron chi connectivity index (χ1n) is 2.78. The third-order valence-electron chi connectivity index (χ3n) is 1.30. The Labute approximate surface area is 54.6 Å². The van der Waals surface area contributed by atoms with Crippen LogP contribution in [0.4, 0.5) is 0 Å². The Kier molecular flexibility index (Phi) is 2.91. The molecule has 0 fully saturated rings. The van der Waals surface area contributed by atoms with Gasteiger partial charge in [-0.2, -0.15) is 0 Å². The van der Waals surface area contributed by atoms with E-state index in [9.17, 15) is 9.59 Å². The smallest absolute Gasteiger partial charge is 0.219 e. The van der Waals surface area contributed by atoms with Crippen LogP contribution >= 0.6 is 0 Å². The lowest BCUT2D eigenvalue weighted by Gasteiger charge is -2.17. The van der Waals surface area contributed by atoms with Gasteiger partial charge in [-0.25, -0.2) is 0 Å². The molecule has 0 aromatic heterocycles. The number of hydrogen-bond donors (Lipinski definition) is 0. The van der Waals surface area contributed by atoms with E-state index in [1.54, 1.807) is 14.0 Å². The van der Waals surface area contributed by atoms with Crippen molar-refractivity contribution in [1.29, 1.82) is 0 Å². The highest BCUT2D eigenvalue weighted by Gasteiger charge is 2.08. The summed E-state index contributed by atoms with van der Waals surface area (Å²) in [6.45, 7) is 3.11. The molecule has 0 rings (SSSR count). The van der Waals surface area contributed by atoms with E-state index in [4.69, 9.17) is 0 Å². The minimum absolute atomic E-state index is 0.0883. The SMILES string of the molecule is CC(=O)N(C)C(C)C=O. The van der Waals surface area contributed by atoms with Gasteiger partial charge in [0.1, 0.15) is 6.29 Å². The zero-order valence-corrected chi connectivity index (χ0v) is 5.92. The van der Waals surface area contributed by atoms with Crippen molar-refractivity contribution in [3.63, 3.8) is 0 Å². The molecule has 0 saturated heterocycles. The normalized spacial score (nSPS) is 12.3. The predicted molar refractivity (Wildman–Crippen MR) is 34.0 cm³/mol. The molecule has 0 saturated carbocycles. The van der Waals surface area contributed by atoms with Crippen LogP contribution in [0.3, 0.4) is 0 Å². The molecule has 1 amide bonds. The van der Waals surface area contributed by atoms with Gasteiger partial charge in [0.05, 0.1) is 6.04 Å². The Morgan fingerprint density at radius 1 is 1.67 bits per heavy atom. The van der Waals surface area contributed by atoms with Crippen LogP contribution in [0.5, 0.6) is 0 Å². The van der Waals surface area contributed by atoms with Crippen molar-refractivity contribution in [2.45, 2.75) is 19.9 Å². The molecule has 0 N–H and O–H groups in total. The van der Waals surface area contributed by atoms with Crippen molar-refractivity contribution in [3.05, 3.63) is 0 Å². The van der Waals surface area contributed by atoms with Gasteiger partial charge in [0, 0.05) is 14.0 Å². The Hall–Kier alpha value is -0.860. The number of carbonyl (C=O) groups excluding carboxylic acids is 2. The first-order chi connectivity index (χ1) is 4.09. The van der Waals surface area contributed by atoms with E-state index in [-0.39, 0.29) is 11.9 Å². The van der Waals surface area contributed by atoms with Crippen molar-refractivity contribution < 1.29 is 9.59 Å².